The minimum atomic E-state index is 0.0260. The summed E-state index contributed by atoms with van der Waals surface area (Å²) < 4.78 is 5.33. The molecule has 0 N–H and O–H groups in total. The van der Waals surface area contributed by atoms with Crippen molar-refractivity contribution < 1.29 is 9.53 Å². The second kappa shape index (κ2) is 4.17. The second-order valence-electron chi connectivity index (χ2n) is 5.41. The monoisotopic (exact) mass is 232 g/mol. The van der Waals surface area contributed by atoms with Gasteiger partial charge >= 0.3 is 0 Å². The number of carbonyl (C=O) groups is 1. The standard InChI is InChI=1S/C15H20O2/c1-10-8-14(17-4)11(2)7-13(10)15(3)6-5-12(16)9-15/h7-8H,5-6,9H2,1-4H3. The van der Waals surface area contributed by atoms with E-state index in [4.69, 9.17) is 4.74 Å². The summed E-state index contributed by atoms with van der Waals surface area (Å²) in [6.07, 6.45) is 2.37. The van der Waals surface area contributed by atoms with Crippen molar-refractivity contribution in [1.82, 2.24) is 0 Å². The van der Waals surface area contributed by atoms with Crippen LogP contribution in [-0.2, 0) is 10.2 Å². The largest absolute Gasteiger partial charge is 0.496 e. The molecular formula is C15H20O2. The second-order valence-corrected chi connectivity index (χ2v) is 5.41. The summed E-state index contributed by atoms with van der Waals surface area (Å²) in [6.45, 7) is 6.36. The van der Waals surface area contributed by atoms with E-state index in [1.165, 1.54) is 11.1 Å². The van der Waals surface area contributed by atoms with Gasteiger partial charge in [0, 0.05) is 18.3 Å². The minimum Gasteiger partial charge on any atom is -0.496 e. The van der Waals surface area contributed by atoms with Crippen molar-refractivity contribution in [3.8, 4) is 5.75 Å². The summed E-state index contributed by atoms with van der Waals surface area (Å²) in [5, 5.41) is 0. The molecular weight excluding hydrogens is 212 g/mol. The molecule has 2 nitrogen and oxygen atoms in total. The number of benzene rings is 1. The Balaban J connectivity index is 2.46. The van der Waals surface area contributed by atoms with Gasteiger partial charge in [-0.3, -0.25) is 4.79 Å². The predicted octanol–water partition coefficient (Wildman–Crippen LogP) is 3.32. The van der Waals surface area contributed by atoms with Crippen LogP contribution in [0.25, 0.3) is 0 Å². The van der Waals surface area contributed by atoms with Gasteiger partial charge in [-0.15, -0.1) is 0 Å². The molecule has 1 saturated carbocycles. The van der Waals surface area contributed by atoms with Gasteiger partial charge in [0.2, 0.25) is 0 Å². The lowest BCUT2D eigenvalue weighted by Crippen LogP contribution is -2.19. The Morgan fingerprint density at radius 3 is 2.47 bits per heavy atom. The van der Waals surface area contributed by atoms with Crippen LogP contribution in [-0.4, -0.2) is 12.9 Å². The highest BCUT2D eigenvalue weighted by Crippen LogP contribution is 2.41. The van der Waals surface area contributed by atoms with E-state index in [2.05, 4.69) is 32.9 Å². The first-order valence-corrected chi connectivity index (χ1v) is 6.14. The number of hydrogen-bond acceptors (Lipinski definition) is 2. The molecule has 0 radical (unpaired) electrons. The topological polar surface area (TPSA) is 26.3 Å². The maximum atomic E-state index is 11.5. The number of carbonyl (C=O) groups excluding carboxylic acids is 1. The summed E-state index contributed by atoms with van der Waals surface area (Å²) in [5.74, 6) is 1.32. The molecule has 1 aromatic rings. The molecule has 1 fully saturated rings. The lowest BCUT2D eigenvalue weighted by molar-refractivity contribution is -0.117. The highest BCUT2D eigenvalue weighted by atomic mass is 16.5. The zero-order valence-corrected chi connectivity index (χ0v) is 11.1. The van der Waals surface area contributed by atoms with Crippen LogP contribution in [0.2, 0.25) is 0 Å². The highest BCUT2D eigenvalue weighted by Gasteiger charge is 2.36. The van der Waals surface area contributed by atoms with Gasteiger partial charge in [0.1, 0.15) is 11.5 Å². The summed E-state index contributed by atoms with van der Waals surface area (Å²) in [7, 11) is 1.70. The number of Topliss-reactive ketones (excluding diaryl/α,β-unsaturated/α-hetero) is 1. The number of aryl methyl sites for hydroxylation is 2. The fourth-order valence-corrected chi connectivity index (χ4v) is 2.92. The van der Waals surface area contributed by atoms with Crippen LogP contribution in [0.5, 0.6) is 5.75 Å². The summed E-state index contributed by atoms with van der Waals surface area (Å²) >= 11 is 0. The van der Waals surface area contributed by atoms with Crippen molar-refractivity contribution in [2.75, 3.05) is 7.11 Å². The van der Waals surface area contributed by atoms with Crippen molar-refractivity contribution in [3.05, 3.63) is 28.8 Å². The predicted molar refractivity (Wildman–Crippen MR) is 68.7 cm³/mol. The van der Waals surface area contributed by atoms with Gasteiger partial charge in [-0.1, -0.05) is 13.0 Å². The van der Waals surface area contributed by atoms with E-state index in [0.29, 0.717) is 12.2 Å². The molecule has 1 unspecified atom stereocenters. The molecule has 1 aliphatic carbocycles. The van der Waals surface area contributed by atoms with Gasteiger partial charge in [-0.05, 0) is 43.0 Å². The molecule has 0 aliphatic heterocycles. The lowest BCUT2D eigenvalue weighted by Gasteiger charge is -2.26. The molecule has 1 atom stereocenters. The molecule has 0 saturated heterocycles. The molecule has 0 heterocycles. The number of ether oxygens (including phenoxy) is 1. The van der Waals surface area contributed by atoms with Gasteiger partial charge in [0.05, 0.1) is 7.11 Å². The van der Waals surface area contributed by atoms with Crippen molar-refractivity contribution >= 4 is 5.78 Å². The van der Waals surface area contributed by atoms with Gasteiger partial charge in [0.25, 0.3) is 0 Å². The van der Waals surface area contributed by atoms with Crippen LogP contribution in [0.3, 0.4) is 0 Å². The number of ketones is 1. The van der Waals surface area contributed by atoms with Gasteiger partial charge in [-0.2, -0.15) is 0 Å². The van der Waals surface area contributed by atoms with E-state index >= 15 is 0 Å². The molecule has 1 aliphatic rings. The van der Waals surface area contributed by atoms with Crippen molar-refractivity contribution in [3.63, 3.8) is 0 Å². The Kier molecular flexibility index (Phi) is 2.98. The zero-order valence-electron chi connectivity index (χ0n) is 11.1. The molecule has 0 amide bonds. The third kappa shape index (κ3) is 2.08. The third-order valence-corrected chi connectivity index (χ3v) is 3.94. The van der Waals surface area contributed by atoms with E-state index < -0.39 is 0 Å². The van der Waals surface area contributed by atoms with Crippen LogP contribution in [0.4, 0.5) is 0 Å². The normalized spacial score (nSPS) is 24.1. The Hall–Kier alpha value is -1.31. The van der Waals surface area contributed by atoms with Crippen molar-refractivity contribution in [2.45, 2.75) is 45.4 Å². The Bertz CT molecular complexity index is 462. The number of rotatable bonds is 2. The fourth-order valence-electron chi connectivity index (χ4n) is 2.92. The molecule has 0 spiro atoms. The molecule has 2 heteroatoms. The molecule has 2 rings (SSSR count). The zero-order chi connectivity index (χ0) is 12.6. The fraction of sp³-hybridized carbons (Fsp3) is 0.533. The van der Waals surface area contributed by atoms with E-state index in [0.717, 1.165) is 24.2 Å². The average Bonchev–Trinajstić information content (AvgIpc) is 2.62. The van der Waals surface area contributed by atoms with Crippen LogP contribution >= 0.6 is 0 Å². The van der Waals surface area contributed by atoms with Crippen molar-refractivity contribution in [1.29, 1.82) is 0 Å². The van der Waals surface area contributed by atoms with Crippen LogP contribution in [0.15, 0.2) is 12.1 Å². The first-order valence-electron chi connectivity index (χ1n) is 6.14. The maximum absolute atomic E-state index is 11.5. The number of methoxy groups -OCH3 is 1. The van der Waals surface area contributed by atoms with Crippen molar-refractivity contribution in [2.24, 2.45) is 0 Å². The third-order valence-electron chi connectivity index (χ3n) is 3.94. The Labute approximate surface area is 103 Å². The Morgan fingerprint density at radius 1 is 1.24 bits per heavy atom. The molecule has 0 aromatic heterocycles. The average molecular weight is 232 g/mol. The number of hydrogen-bond donors (Lipinski definition) is 0. The summed E-state index contributed by atoms with van der Waals surface area (Å²) in [4.78, 5) is 11.5. The van der Waals surface area contributed by atoms with E-state index in [1.807, 2.05) is 0 Å². The molecule has 0 bridgehead atoms. The maximum Gasteiger partial charge on any atom is 0.133 e. The van der Waals surface area contributed by atoms with Crippen LogP contribution < -0.4 is 4.74 Å². The molecule has 1 aromatic carbocycles. The highest BCUT2D eigenvalue weighted by molar-refractivity contribution is 5.82. The first-order chi connectivity index (χ1) is 7.96. The van der Waals surface area contributed by atoms with Gasteiger partial charge in [0.15, 0.2) is 0 Å². The lowest BCUT2D eigenvalue weighted by atomic mass is 9.78. The van der Waals surface area contributed by atoms with Gasteiger partial charge in [-0.25, -0.2) is 0 Å². The van der Waals surface area contributed by atoms with Crippen LogP contribution in [0.1, 0.15) is 42.9 Å². The smallest absolute Gasteiger partial charge is 0.133 e. The van der Waals surface area contributed by atoms with E-state index in [1.54, 1.807) is 7.11 Å². The quantitative estimate of drug-likeness (QED) is 0.782. The Morgan fingerprint density at radius 2 is 1.94 bits per heavy atom. The van der Waals surface area contributed by atoms with E-state index in [-0.39, 0.29) is 5.41 Å². The SMILES string of the molecule is COc1cc(C)c(C2(C)CCC(=O)C2)cc1C. The minimum absolute atomic E-state index is 0.0260. The molecule has 17 heavy (non-hydrogen) atoms. The first kappa shape index (κ1) is 12.2. The molecule has 92 valence electrons. The van der Waals surface area contributed by atoms with Gasteiger partial charge < -0.3 is 4.74 Å². The van der Waals surface area contributed by atoms with E-state index in [9.17, 15) is 4.79 Å². The van der Waals surface area contributed by atoms with Crippen LogP contribution in [0, 0.1) is 13.8 Å². The summed E-state index contributed by atoms with van der Waals surface area (Å²) in [5.41, 5.74) is 3.71. The summed E-state index contributed by atoms with van der Waals surface area (Å²) in [6, 6.07) is 4.27.